The van der Waals surface area contributed by atoms with Gasteiger partial charge >= 0.3 is 0 Å². The fourth-order valence-corrected chi connectivity index (χ4v) is 1.96. The van der Waals surface area contributed by atoms with Crippen molar-refractivity contribution in [1.82, 2.24) is 4.90 Å². The first kappa shape index (κ1) is 12.2. The maximum absolute atomic E-state index is 11.4. The van der Waals surface area contributed by atoms with Crippen molar-refractivity contribution in [3.8, 4) is 0 Å². The minimum Gasteiger partial charge on any atom is -0.334 e. The molecule has 0 bridgehead atoms. The predicted octanol–water partition coefficient (Wildman–Crippen LogP) is 0.140. The molecule has 1 rings (SSSR count). The van der Waals surface area contributed by atoms with E-state index in [0.717, 1.165) is 12.7 Å². The van der Waals surface area contributed by atoms with Crippen molar-refractivity contribution in [3.05, 3.63) is 12.7 Å². The topological polar surface area (TPSA) is 63.7 Å². The zero-order chi connectivity index (χ0) is 11.5. The highest BCUT2D eigenvalue weighted by molar-refractivity contribution is 7.85. The Morgan fingerprint density at radius 3 is 2.87 bits per heavy atom. The average molecular weight is 233 g/mol. The second-order valence-electron chi connectivity index (χ2n) is 3.45. The molecule has 0 aromatic heterocycles. The molecule has 0 saturated carbocycles. The number of hydrogen-bond donors (Lipinski definition) is 0. The van der Waals surface area contributed by atoms with E-state index in [1.807, 2.05) is 0 Å². The fourth-order valence-electron chi connectivity index (χ4n) is 1.58. The van der Waals surface area contributed by atoms with Crippen molar-refractivity contribution >= 4 is 16.0 Å². The van der Waals surface area contributed by atoms with Gasteiger partial charge in [-0.25, -0.2) is 0 Å². The zero-order valence-corrected chi connectivity index (χ0v) is 9.50. The van der Waals surface area contributed by atoms with Gasteiger partial charge in [0.25, 0.3) is 10.1 Å². The fraction of sp³-hybridized carbons (Fsp3) is 0.667. The van der Waals surface area contributed by atoms with Crippen LogP contribution in [0.2, 0.25) is 0 Å². The molecular weight excluding hydrogens is 218 g/mol. The minimum atomic E-state index is -3.42. The summed E-state index contributed by atoms with van der Waals surface area (Å²) in [7, 11) is -3.42. The molecule has 15 heavy (non-hydrogen) atoms. The molecule has 0 aliphatic carbocycles. The lowest BCUT2D eigenvalue weighted by Gasteiger charge is -2.21. The summed E-state index contributed by atoms with van der Waals surface area (Å²) < 4.78 is 26.0. The van der Waals surface area contributed by atoms with E-state index in [4.69, 9.17) is 0 Å². The summed E-state index contributed by atoms with van der Waals surface area (Å²) in [5.41, 5.74) is 0. The van der Waals surface area contributed by atoms with Crippen LogP contribution in [0.15, 0.2) is 12.7 Å². The summed E-state index contributed by atoms with van der Waals surface area (Å²) in [6.07, 6.45) is 3.94. The van der Waals surface area contributed by atoms with Gasteiger partial charge in [-0.3, -0.25) is 8.98 Å². The lowest BCUT2D eigenvalue weighted by molar-refractivity contribution is -0.128. The standard InChI is InChI=1S/C9H15NO4S/c1-3-8-4-5-9(11)10(8)6-7-14-15(2,12)13/h3,8H,1,4-7H2,2H3/t8-/m1/s1. The van der Waals surface area contributed by atoms with Gasteiger partial charge in [0.1, 0.15) is 0 Å². The van der Waals surface area contributed by atoms with E-state index in [-0.39, 0.29) is 18.6 Å². The Morgan fingerprint density at radius 2 is 2.33 bits per heavy atom. The van der Waals surface area contributed by atoms with Gasteiger partial charge in [0.2, 0.25) is 5.91 Å². The molecule has 0 N–H and O–H groups in total. The van der Waals surface area contributed by atoms with Crippen LogP contribution in [0.1, 0.15) is 12.8 Å². The molecule has 0 unspecified atom stereocenters. The highest BCUT2D eigenvalue weighted by Gasteiger charge is 2.28. The Balaban J connectivity index is 2.43. The van der Waals surface area contributed by atoms with E-state index >= 15 is 0 Å². The van der Waals surface area contributed by atoms with Crippen LogP contribution in [-0.4, -0.2) is 44.7 Å². The van der Waals surface area contributed by atoms with Gasteiger partial charge in [0.05, 0.1) is 18.9 Å². The molecule has 5 nitrogen and oxygen atoms in total. The van der Waals surface area contributed by atoms with E-state index in [1.54, 1.807) is 11.0 Å². The summed E-state index contributed by atoms with van der Waals surface area (Å²) in [5.74, 6) is 0.0250. The van der Waals surface area contributed by atoms with Crippen LogP contribution in [0.4, 0.5) is 0 Å². The maximum atomic E-state index is 11.4. The highest BCUT2D eigenvalue weighted by atomic mass is 32.2. The molecule has 1 atom stereocenters. The molecule has 86 valence electrons. The molecule has 0 aromatic rings. The summed E-state index contributed by atoms with van der Waals surface area (Å²) in [6.45, 7) is 3.93. The van der Waals surface area contributed by atoms with Gasteiger partial charge in [0.15, 0.2) is 0 Å². The van der Waals surface area contributed by atoms with E-state index in [0.29, 0.717) is 13.0 Å². The second-order valence-corrected chi connectivity index (χ2v) is 5.10. The van der Waals surface area contributed by atoms with E-state index in [9.17, 15) is 13.2 Å². The number of nitrogens with zero attached hydrogens (tertiary/aromatic N) is 1. The summed E-state index contributed by atoms with van der Waals surface area (Å²) in [6, 6.07) is 0.0145. The molecule has 1 amide bonds. The number of likely N-dealkylation sites (tertiary alicyclic amines) is 1. The number of carbonyl (C=O) groups excluding carboxylic acids is 1. The molecule has 1 aliphatic heterocycles. The van der Waals surface area contributed by atoms with Crippen molar-refractivity contribution in [2.24, 2.45) is 0 Å². The Bertz CT molecular complexity index is 349. The summed E-state index contributed by atoms with van der Waals surface area (Å²) in [4.78, 5) is 13.0. The number of amides is 1. The Kier molecular flexibility index (Phi) is 3.87. The lowest BCUT2D eigenvalue weighted by Crippen LogP contribution is -2.34. The van der Waals surface area contributed by atoms with Crippen LogP contribution in [0.5, 0.6) is 0 Å². The van der Waals surface area contributed by atoms with Crippen LogP contribution in [0.3, 0.4) is 0 Å². The first-order valence-electron chi connectivity index (χ1n) is 4.70. The normalized spacial score (nSPS) is 22.1. The smallest absolute Gasteiger partial charge is 0.264 e. The quantitative estimate of drug-likeness (QED) is 0.500. The Hall–Kier alpha value is -0.880. The molecule has 1 heterocycles. The molecule has 1 aliphatic rings. The lowest BCUT2D eigenvalue weighted by atomic mass is 10.2. The van der Waals surface area contributed by atoms with Crippen molar-refractivity contribution < 1.29 is 17.4 Å². The summed E-state index contributed by atoms with van der Waals surface area (Å²) >= 11 is 0. The molecule has 1 saturated heterocycles. The number of hydrogen-bond acceptors (Lipinski definition) is 4. The van der Waals surface area contributed by atoms with Gasteiger partial charge < -0.3 is 4.90 Å². The average Bonchev–Trinajstić information content (AvgIpc) is 2.46. The monoisotopic (exact) mass is 233 g/mol. The van der Waals surface area contributed by atoms with E-state index in [2.05, 4.69) is 10.8 Å². The zero-order valence-electron chi connectivity index (χ0n) is 8.68. The first-order valence-corrected chi connectivity index (χ1v) is 6.52. The van der Waals surface area contributed by atoms with Crippen molar-refractivity contribution in [3.63, 3.8) is 0 Å². The second kappa shape index (κ2) is 4.76. The van der Waals surface area contributed by atoms with Crippen molar-refractivity contribution in [2.45, 2.75) is 18.9 Å². The van der Waals surface area contributed by atoms with Crippen molar-refractivity contribution in [1.29, 1.82) is 0 Å². The van der Waals surface area contributed by atoms with Crippen LogP contribution >= 0.6 is 0 Å². The third-order valence-corrected chi connectivity index (χ3v) is 2.87. The van der Waals surface area contributed by atoms with Gasteiger partial charge in [-0.2, -0.15) is 8.42 Å². The Morgan fingerprint density at radius 1 is 1.67 bits per heavy atom. The van der Waals surface area contributed by atoms with Gasteiger partial charge in [-0.05, 0) is 6.42 Å². The molecule has 6 heteroatoms. The third kappa shape index (κ3) is 3.64. The number of carbonyl (C=O) groups is 1. The molecule has 0 aromatic carbocycles. The van der Waals surface area contributed by atoms with E-state index in [1.165, 1.54) is 0 Å². The maximum Gasteiger partial charge on any atom is 0.264 e. The van der Waals surface area contributed by atoms with Crippen LogP contribution < -0.4 is 0 Å². The van der Waals surface area contributed by atoms with Crippen LogP contribution in [0.25, 0.3) is 0 Å². The molecule has 0 spiro atoms. The predicted molar refractivity (Wildman–Crippen MR) is 55.7 cm³/mol. The van der Waals surface area contributed by atoms with Crippen molar-refractivity contribution in [2.75, 3.05) is 19.4 Å². The first-order chi connectivity index (χ1) is 6.94. The minimum absolute atomic E-state index is 0.00884. The molecular formula is C9H15NO4S. The molecule has 1 fully saturated rings. The van der Waals surface area contributed by atoms with Gasteiger partial charge in [-0.1, -0.05) is 6.08 Å². The Labute approximate surface area is 89.8 Å². The number of rotatable bonds is 5. The van der Waals surface area contributed by atoms with Gasteiger partial charge in [0, 0.05) is 13.0 Å². The van der Waals surface area contributed by atoms with Gasteiger partial charge in [-0.15, -0.1) is 6.58 Å². The largest absolute Gasteiger partial charge is 0.334 e. The van der Waals surface area contributed by atoms with Crippen LogP contribution in [-0.2, 0) is 19.1 Å². The molecule has 0 radical (unpaired) electrons. The summed E-state index contributed by atoms with van der Waals surface area (Å²) in [5, 5.41) is 0. The van der Waals surface area contributed by atoms with Crippen LogP contribution in [0, 0.1) is 0 Å². The highest BCUT2D eigenvalue weighted by Crippen LogP contribution is 2.18. The van der Waals surface area contributed by atoms with E-state index < -0.39 is 10.1 Å². The SMILES string of the molecule is C=C[C@@H]1CCC(=O)N1CCOS(C)(=O)=O. The third-order valence-electron chi connectivity index (χ3n) is 2.28.